The van der Waals surface area contributed by atoms with Crippen molar-refractivity contribution < 1.29 is 4.79 Å². The largest absolute Gasteiger partial charge is 0.342 e. The summed E-state index contributed by atoms with van der Waals surface area (Å²) in [5, 5.41) is 4.09. The van der Waals surface area contributed by atoms with Crippen LogP contribution in [-0.2, 0) is 18.3 Å². The molecule has 1 aliphatic rings. The lowest BCUT2D eigenvalue weighted by atomic mass is 10.0. The molecule has 3 rings (SSSR count). The summed E-state index contributed by atoms with van der Waals surface area (Å²) < 4.78 is 1.73. The summed E-state index contributed by atoms with van der Waals surface area (Å²) in [6.45, 7) is 1.59. The van der Waals surface area contributed by atoms with Crippen LogP contribution in [0.1, 0.15) is 23.6 Å². The van der Waals surface area contributed by atoms with Gasteiger partial charge in [0, 0.05) is 44.1 Å². The molecule has 5 nitrogen and oxygen atoms in total. The van der Waals surface area contributed by atoms with Gasteiger partial charge >= 0.3 is 0 Å². The number of amides is 1. The fourth-order valence-electron chi connectivity index (χ4n) is 2.70. The zero-order chi connectivity index (χ0) is 13.9. The number of nitrogens with zero attached hydrogens (tertiary/aromatic N) is 4. The summed E-state index contributed by atoms with van der Waals surface area (Å²) in [5.74, 6) is 0.547. The smallest absolute Gasteiger partial charge is 0.227 e. The third-order valence-corrected chi connectivity index (χ3v) is 3.76. The predicted octanol–water partition coefficient (Wildman–Crippen LogP) is 1.37. The Morgan fingerprint density at radius 2 is 2.35 bits per heavy atom. The van der Waals surface area contributed by atoms with Crippen molar-refractivity contribution in [1.29, 1.82) is 0 Å². The number of rotatable bonds is 3. The maximum Gasteiger partial charge on any atom is 0.227 e. The average Bonchev–Trinajstić information content (AvgIpc) is 3.09. The van der Waals surface area contributed by atoms with E-state index >= 15 is 0 Å². The van der Waals surface area contributed by atoms with Crippen molar-refractivity contribution in [3.8, 4) is 0 Å². The second-order valence-electron chi connectivity index (χ2n) is 5.28. The van der Waals surface area contributed by atoms with Crippen molar-refractivity contribution in [3.05, 3.63) is 48.0 Å². The Balaban J connectivity index is 1.61. The molecule has 0 aromatic carbocycles. The molecule has 2 aromatic heterocycles. The molecular weight excluding hydrogens is 252 g/mol. The third-order valence-electron chi connectivity index (χ3n) is 3.76. The zero-order valence-electron chi connectivity index (χ0n) is 11.6. The van der Waals surface area contributed by atoms with E-state index < -0.39 is 0 Å². The van der Waals surface area contributed by atoms with Crippen LogP contribution in [0.3, 0.4) is 0 Å². The number of likely N-dealkylation sites (tertiary alicyclic amines) is 1. The number of aromatic nitrogens is 3. The number of pyridine rings is 1. The van der Waals surface area contributed by atoms with Gasteiger partial charge in [-0.05, 0) is 24.1 Å². The van der Waals surface area contributed by atoms with Gasteiger partial charge in [0.25, 0.3) is 0 Å². The maximum absolute atomic E-state index is 12.3. The molecular formula is C15H18N4O. The molecule has 1 saturated heterocycles. The molecule has 5 heteroatoms. The van der Waals surface area contributed by atoms with Crippen LogP contribution in [0, 0.1) is 0 Å². The summed E-state index contributed by atoms with van der Waals surface area (Å²) in [6.07, 6.45) is 6.89. The minimum atomic E-state index is 0.177. The van der Waals surface area contributed by atoms with Gasteiger partial charge in [0.1, 0.15) is 0 Å². The van der Waals surface area contributed by atoms with Gasteiger partial charge in [0.15, 0.2) is 0 Å². The van der Waals surface area contributed by atoms with Gasteiger partial charge in [-0.15, -0.1) is 0 Å². The normalized spacial score (nSPS) is 18.4. The van der Waals surface area contributed by atoms with Crippen LogP contribution < -0.4 is 0 Å². The Morgan fingerprint density at radius 1 is 1.45 bits per heavy atom. The van der Waals surface area contributed by atoms with E-state index in [0.717, 1.165) is 30.8 Å². The molecule has 1 atom stereocenters. The second-order valence-corrected chi connectivity index (χ2v) is 5.28. The molecule has 0 aliphatic carbocycles. The Labute approximate surface area is 118 Å². The molecule has 1 amide bonds. The van der Waals surface area contributed by atoms with E-state index in [1.165, 1.54) is 0 Å². The van der Waals surface area contributed by atoms with E-state index in [2.05, 4.69) is 10.1 Å². The van der Waals surface area contributed by atoms with Crippen molar-refractivity contribution in [2.24, 2.45) is 7.05 Å². The molecule has 1 aliphatic heterocycles. The van der Waals surface area contributed by atoms with Gasteiger partial charge in [-0.1, -0.05) is 6.07 Å². The third kappa shape index (κ3) is 2.71. The Morgan fingerprint density at radius 3 is 3.05 bits per heavy atom. The van der Waals surface area contributed by atoms with Crippen LogP contribution in [-0.4, -0.2) is 38.7 Å². The number of carbonyl (C=O) groups excluding carboxylic acids is 1. The summed E-state index contributed by atoms with van der Waals surface area (Å²) in [6, 6.07) is 5.96. The Kier molecular flexibility index (Phi) is 3.50. The maximum atomic E-state index is 12.3. The van der Waals surface area contributed by atoms with Crippen molar-refractivity contribution in [2.75, 3.05) is 13.1 Å². The number of carbonyl (C=O) groups is 1. The van der Waals surface area contributed by atoms with Gasteiger partial charge in [0.05, 0.1) is 12.6 Å². The molecule has 0 N–H and O–H groups in total. The van der Waals surface area contributed by atoms with E-state index in [1.54, 1.807) is 10.9 Å². The van der Waals surface area contributed by atoms with Crippen molar-refractivity contribution in [1.82, 2.24) is 19.7 Å². The monoisotopic (exact) mass is 270 g/mol. The lowest BCUT2D eigenvalue weighted by Gasteiger charge is -2.16. The van der Waals surface area contributed by atoms with Gasteiger partial charge in [-0.3, -0.25) is 14.5 Å². The lowest BCUT2D eigenvalue weighted by molar-refractivity contribution is -0.129. The van der Waals surface area contributed by atoms with Gasteiger partial charge in [-0.2, -0.15) is 5.10 Å². The van der Waals surface area contributed by atoms with Crippen LogP contribution in [0.5, 0.6) is 0 Å². The molecule has 3 heterocycles. The van der Waals surface area contributed by atoms with Crippen LogP contribution in [0.15, 0.2) is 36.8 Å². The summed E-state index contributed by atoms with van der Waals surface area (Å²) in [5.41, 5.74) is 2.06. The van der Waals surface area contributed by atoms with E-state index in [0.29, 0.717) is 12.3 Å². The zero-order valence-corrected chi connectivity index (χ0v) is 11.6. The van der Waals surface area contributed by atoms with Crippen LogP contribution in [0.4, 0.5) is 0 Å². The first kappa shape index (κ1) is 12.8. The first-order valence-electron chi connectivity index (χ1n) is 6.88. The number of hydrogen-bond acceptors (Lipinski definition) is 3. The number of aryl methyl sites for hydroxylation is 1. The van der Waals surface area contributed by atoms with Crippen molar-refractivity contribution in [3.63, 3.8) is 0 Å². The first-order valence-corrected chi connectivity index (χ1v) is 6.88. The molecule has 0 bridgehead atoms. The lowest BCUT2D eigenvalue weighted by Crippen LogP contribution is -2.29. The van der Waals surface area contributed by atoms with E-state index in [4.69, 9.17) is 0 Å². The molecule has 104 valence electrons. The topological polar surface area (TPSA) is 51.0 Å². The standard InChI is InChI=1S/C15H18N4O/c1-18-10-12(9-17-18)8-15(20)19-7-5-13(11-19)14-4-2-3-6-16-14/h2-4,6,9-10,13H,5,7-8,11H2,1H3/t13-/m0/s1. The van der Waals surface area contributed by atoms with Gasteiger partial charge < -0.3 is 4.90 Å². The molecule has 0 saturated carbocycles. The molecule has 0 spiro atoms. The molecule has 0 radical (unpaired) electrons. The summed E-state index contributed by atoms with van der Waals surface area (Å²) >= 11 is 0. The Hall–Kier alpha value is -2.17. The van der Waals surface area contributed by atoms with Gasteiger partial charge in [0.2, 0.25) is 5.91 Å². The summed E-state index contributed by atoms with van der Waals surface area (Å²) in [4.78, 5) is 18.6. The van der Waals surface area contributed by atoms with Crippen LogP contribution in [0.25, 0.3) is 0 Å². The predicted molar refractivity (Wildman–Crippen MR) is 75.1 cm³/mol. The quantitative estimate of drug-likeness (QED) is 0.846. The minimum absolute atomic E-state index is 0.177. The molecule has 2 aromatic rings. The van der Waals surface area contributed by atoms with Crippen molar-refractivity contribution >= 4 is 5.91 Å². The highest BCUT2D eigenvalue weighted by atomic mass is 16.2. The highest BCUT2D eigenvalue weighted by molar-refractivity contribution is 5.79. The second kappa shape index (κ2) is 5.45. The fraction of sp³-hybridized carbons (Fsp3) is 0.400. The van der Waals surface area contributed by atoms with E-state index in [1.807, 2.05) is 42.5 Å². The molecule has 20 heavy (non-hydrogen) atoms. The summed E-state index contributed by atoms with van der Waals surface area (Å²) in [7, 11) is 1.86. The highest BCUT2D eigenvalue weighted by Gasteiger charge is 2.27. The fourth-order valence-corrected chi connectivity index (χ4v) is 2.70. The highest BCUT2D eigenvalue weighted by Crippen LogP contribution is 2.25. The Bertz CT molecular complexity index is 593. The molecule has 0 unspecified atom stereocenters. The minimum Gasteiger partial charge on any atom is -0.342 e. The van der Waals surface area contributed by atoms with Crippen molar-refractivity contribution in [2.45, 2.75) is 18.8 Å². The van der Waals surface area contributed by atoms with Crippen LogP contribution >= 0.6 is 0 Å². The van der Waals surface area contributed by atoms with E-state index in [9.17, 15) is 4.79 Å². The van der Waals surface area contributed by atoms with Gasteiger partial charge in [-0.25, -0.2) is 0 Å². The van der Waals surface area contributed by atoms with Crippen LogP contribution in [0.2, 0.25) is 0 Å². The SMILES string of the molecule is Cn1cc(CC(=O)N2CC[C@H](c3ccccn3)C2)cn1. The number of hydrogen-bond donors (Lipinski definition) is 0. The van der Waals surface area contributed by atoms with E-state index in [-0.39, 0.29) is 5.91 Å². The molecule has 1 fully saturated rings. The first-order chi connectivity index (χ1) is 9.72. The average molecular weight is 270 g/mol.